The summed E-state index contributed by atoms with van der Waals surface area (Å²) < 4.78 is 0. The molecule has 1 aromatic heterocycles. The van der Waals surface area contributed by atoms with Crippen LogP contribution >= 0.6 is 0 Å². The highest BCUT2D eigenvalue weighted by molar-refractivity contribution is 5.41. The van der Waals surface area contributed by atoms with Gasteiger partial charge in [0, 0.05) is 45.0 Å². The molecule has 0 aromatic carbocycles. The Morgan fingerprint density at radius 3 is 2.30 bits per heavy atom. The van der Waals surface area contributed by atoms with Gasteiger partial charge in [-0.05, 0) is 24.0 Å². The van der Waals surface area contributed by atoms with E-state index in [4.69, 9.17) is 5.73 Å². The molecule has 1 aliphatic heterocycles. The molecule has 4 heteroatoms. The number of nitrogens with zero attached hydrogens (tertiary/aromatic N) is 3. The molecule has 2 rings (SSSR count). The molecule has 2 heterocycles. The van der Waals surface area contributed by atoms with Crippen molar-refractivity contribution in [3.05, 3.63) is 23.9 Å². The Labute approximate surface area is 123 Å². The van der Waals surface area contributed by atoms with Crippen LogP contribution in [0.5, 0.6) is 0 Å². The van der Waals surface area contributed by atoms with E-state index < -0.39 is 0 Å². The second-order valence-corrected chi connectivity index (χ2v) is 6.76. The summed E-state index contributed by atoms with van der Waals surface area (Å²) in [6.07, 6.45) is 2.02. The molecule has 1 atom stereocenters. The Hall–Kier alpha value is -1.13. The molecule has 2 N–H and O–H groups in total. The van der Waals surface area contributed by atoms with Crippen LogP contribution in [-0.2, 0) is 5.41 Å². The average molecular weight is 276 g/mol. The first-order chi connectivity index (χ1) is 9.41. The largest absolute Gasteiger partial charge is 0.354 e. The second kappa shape index (κ2) is 6.10. The third-order valence-corrected chi connectivity index (χ3v) is 4.22. The van der Waals surface area contributed by atoms with E-state index >= 15 is 0 Å². The van der Waals surface area contributed by atoms with Crippen molar-refractivity contribution >= 4 is 5.82 Å². The maximum absolute atomic E-state index is 5.74. The minimum Gasteiger partial charge on any atom is -0.354 e. The predicted molar refractivity (Wildman–Crippen MR) is 85.2 cm³/mol. The van der Waals surface area contributed by atoms with Crippen LogP contribution < -0.4 is 10.6 Å². The lowest BCUT2D eigenvalue weighted by Crippen LogP contribution is -2.51. The summed E-state index contributed by atoms with van der Waals surface area (Å²) in [7, 11) is 0. The van der Waals surface area contributed by atoms with E-state index in [0.717, 1.165) is 38.5 Å². The number of pyridine rings is 1. The number of rotatable bonds is 3. The molecule has 1 unspecified atom stereocenters. The Morgan fingerprint density at radius 2 is 1.85 bits per heavy atom. The van der Waals surface area contributed by atoms with Crippen LogP contribution in [0.4, 0.5) is 5.82 Å². The zero-order valence-corrected chi connectivity index (χ0v) is 13.3. The van der Waals surface area contributed by atoms with Crippen LogP contribution in [0.1, 0.15) is 33.3 Å². The molecular formula is C16H28N4. The van der Waals surface area contributed by atoms with E-state index in [9.17, 15) is 0 Å². The molecule has 0 bridgehead atoms. The fourth-order valence-corrected chi connectivity index (χ4v) is 2.56. The molecule has 0 aliphatic carbocycles. The van der Waals surface area contributed by atoms with Gasteiger partial charge in [0.1, 0.15) is 5.82 Å². The molecule has 4 nitrogen and oxygen atoms in total. The monoisotopic (exact) mass is 276 g/mol. The first-order valence-electron chi connectivity index (χ1n) is 7.57. The number of piperazine rings is 1. The maximum Gasteiger partial charge on any atom is 0.128 e. The van der Waals surface area contributed by atoms with Gasteiger partial charge in [0.15, 0.2) is 0 Å². The van der Waals surface area contributed by atoms with Gasteiger partial charge in [-0.1, -0.05) is 26.8 Å². The quantitative estimate of drug-likeness (QED) is 0.915. The first kappa shape index (κ1) is 15.3. The number of hydrogen-bond donors (Lipinski definition) is 1. The van der Waals surface area contributed by atoms with Crippen molar-refractivity contribution in [2.45, 2.75) is 39.2 Å². The number of aromatic nitrogens is 1. The standard InChI is InChI=1S/C16H28N4/c1-13(11-17)19-7-9-20(10-8-19)15-6-5-14(12-18-15)16(2,3)4/h5-6,12-13H,7-11,17H2,1-4H3. The molecule has 0 spiro atoms. The van der Waals surface area contributed by atoms with Gasteiger partial charge in [-0.15, -0.1) is 0 Å². The van der Waals surface area contributed by atoms with E-state index in [0.29, 0.717) is 6.04 Å². The minimum absolute atomic E-state index is 0.167. The zero-order valence-electron chi connectivity index (χ0n) is 13.3. The van der Waals surface area contributed by atoms with E-state index in [-0.39, 0.29) is 5.41 Å². The van der Waals surface area contributed by atoms with Gasteiger partial charge in [0.25, 0.3) is 0 Å². The van der Waals surface area contributed by atoms with Gasteiger partial charge in [-0.3, -0.25) is 4.90 Å². The van der Waals surface area contributed by atoms with E-state index in [1.54, 1.807) is 0 Å². The fraction of sp³-hybridized carbons (Fsp3) is 0.688. The lowest BCUT2D eigenvalue weighted by atomic mass is 9.88. The lowest BCUT2D eigenvalue weighted by molar-refractivity contribution is 0.201. The van der Waals surface area contributed by atoms with Gasteiger partial charge in [0.05, 0.1) is 0 Å². The van der Waals surface area contributed by atoms with Crippen LogP contribution in [0.3, 0.4) is 0 Å². The third kappa shape index (κ3) is 3.49. The zero-order chi connectivity index (χ0) is 14.8. The van der Waals surface area contributed by atoms with Crippen LogP contribution in [0.15, 0.2) is 18.3 Å². The molecule has 0 amide bonds. The Kier molecular flexibility index (Phi) is 4.66. The summed E-state index contributed by atoms with van der Waals surface area (Å²) in [5.74, 6) is 1.10. The van der Waals surface area contributed by atoms with Crippen molar-refractivity contribution in [2.24, 2.45) is 5.73 Å². The van der Waals surface area contributed by atoms with Gasteiger partial charge in [0.2, 0.25) is 0 Å². The normalized spacial score (nSPS) is 19.1. The van der Waals surface area contributed by atoms with Gasteiger partial charge in [-0.25, -0.2) is 4.98 Å². The minimum atomic E-state index is 0.167. The van der Waals surface area contributed by atoms with Gasteiger partial charge in [-0.2, -0.15) is 0 Å². The second-order valence-electron chi connectivity index (χ2n) is 6.76. The van der Waals surface area contributed by atoms with Crippen LogP contribution in [0.25, 0.3) is 0 Å². The van der Waals surface area contributed by atoms with Crippen molar-refractivity contribution in [2.75, 3.05) is 37.6 Å². The topological polar surface area (TPSA) is 45.4 Å². The summed E-state index contributed by atoms with van der Waals surface area (Å²) in [6.45, 7) is 13.8. The van der Waals surface area contributed by atoms with Gasteiger partial charge >= 0.3 is 0 Å². The Bertz CT molecular complexity index is 413. The van der Waals surface area contributed by atoms with Crippen LogP contribution in [0.2, 0.25) is 0 Å². The van der Waals surface area contributed by atoms with Crippen LogP contribution in [-0.4, -0.2) is 48.6 Å². The van der Waals surface area contributed by atoms with Gasteiger partial charge < -0.3 is 10.6 Å². The predicted octanol–water partition coefficient (Wildman–Crippen LogP) is 1.85. The summed E-state index contributed by atoms with van der Waals surface area (Å²) in [5.41, 5.74) is 7.19. The molecule has 1 fully saturated rings. The van der Waals surface area contributed by atoms with Crippen molar-refractivity contribution < 1.29 is 0 Å². The summed E-state index contributed by atoms with van der Waals surface area (Å²) in [6, 6.07) is 4.84. The molecule has 1 aromatic rings. The molecular weight excluding hydrogens is 248 g/mol. The molecule has 20 heavy (non-hydrogen) atoms. The fourth-order valence-electron chi connectivity index (χ4n) is 2.56. The van der Waals surface area contributed by atoms with E-state index in [1.165, 1.54) is 5.56 Å². The third-order valence-electron chi connectivity index (χ3n) is 4.22. The number of hydrogen-bond acceptors (Lipinski definition) is 4. The Morgan fingerprint density at radius 1 is 1.20 bits per heavy atom. The Balaban J connectivity index is 1.97. The molecule has 0 radical (unpaired) electrons. The average Bonchev–Trinajstić information content (AvgIpc) is 2.46. The van der Waals surface area contributed by atoms with Crippen LogP contribution in [0, 0.1) is 0 Å². The highest BCUT2D eigenvalue weighted by atomic mass is 15.3. The number of anilines is 1. The molecule has 1 saturated heterocycles. The SMILES string of the molecule is CC(CN)N1CCN(c2ccc(C(C)(C)C)cn2)CC1. The summed E-state index contributed by atoms with van der Waals surface area (Å²) in [5, 5.41) is 0. The smallest absolute Gasteiger partial charge is 0.128 e. The molecule has 1 aliphatic rings. The highest BCUT2D eigenvalue weighted by Gasteiger charge is 2.21. The number of nitrogens with two attached hydrogens (primary N) is 1. The molecule has 0 saturated carbocycles. The first-order valence-corrected chi connectivity index (χ1v) is 7.57. The summed E-state index contributed by atoms with van der Waals surface area (Å²) in [4.78, 5) is 9.47. The van der Waals surface area contributed by atoms with Crippen molar-refractivity contribution in [3.8, 4) is 0 Å². The maximum atomic E-state index is 5.74. The van der Waals surface area contributed by atoms with Crippen molar-refractivity contribution in [1.82, 2.24) is 9.88 Å². The lowest BCUT2D eigenvalue weighted by Gasteiger charge is -2.38. The summed E-state index contributed by atoms with van der Waals surface area (Å²) >= 11 is 0. The van der Waals surface area contributed by atoms with Crippen molar-refractivity contribution in [1.29, 1.82) is 0 Å². The highest BCUT2D eigenvalue weighted by Crippen LogP contribution is 2.23. The molecule has 112 valence electrons. The van der Waals surface area contributed by atoms with Crippen molar-refractivity contribution in [3.63, 3.8) is 0 Å². The van der Waals surface area contributed by atoms with E-state index in [2.05, 4.69) is 54.6 Å². The van der Waals surface area contributed by atoms with E-state index in [1.807, 2.05) is 6.20 Å².